The lowest BCUT2D eigenvalue weighted by Gasteiger charge is -2.07. The Labute approximate surface area is 65.9 Å². The third-order valence-electron chi connectivity index (χ3n) is 1.16. The standard InChI is InChI=1S/C6H4F2N2O2/c7-6(8,5(11)12)4-2-1-3-9-10-4/h1-3H,(H,11,12). The lowest BCUT2D eigenvalue weighted by atomic mass is 10.2. The Bertz CT molecular complexity index is 289. The van der Waals surface area contributed by atoms with Crippen LogP contribution in [0.3, 0.4) is 0 Å². The van der Waals surface area contributed by atoms with Crippen LogP contribution in [0.15, 0.2) is 18.3 Å². The van der Waals surface area contributed by atoms with E-state index in [-0.39, 0.29) is 0 Å². The largest absolute Gasteiger partial charge is 0.476 e. The molecule has 1 N–H and O–H groups in total. The molecule has 0 bridgehead atoms. The Balaban J connectivity index is 3.06. The number of carbonyl (C=O) groups is 1. The summed E-state index contributed by atoms with van der Waals surface area (Å²) in [6, 6.07) is 2.10. The van der Waals surface area contributed by atoms with Crippen LogP contribution in [-0.4, -0.2) is 21.3 Å². The number of nitrogens with zero attached hydrogens (tertiary/aromatic N) is 2. The van der Waals surface area contributed by atoms with Crippen LogP contribution in [0.5, 0.6) is 0 Å². The van der Waals surface area contributed by atoms with Crippen molar-refractivity contribution < 1.29 is 18.7 Å². The van der Waals surface area contributed by atoms with Gasteiger partial charge in [0.05, 0.1) is 0 Å². The van der Waals surface area contributed by atoms with E-state index in [4.69, 9.17) is 5.11 Å². The molecule has 0 radical (unpaired) electrons. The number of hydrogen-bond donors (Lipinski definition) is 1. The summed E-state index contributed by atoms with van der Waals surface area (Å²) in [6.07, 6.45) is 1.18. The molecular weight excluding hydrogens is 170 g/mol. The molecule has 4 nitrogen and oxygen atoms in total. The van der Waals surface area contributed by atoms with Crippen LogP contribution >= 0.6 is 0 Å². The third-order valence-corrected chi connectivity index (χ3v) is 1.16. The van der Waals surface area contributed by atoms with Gasteiger partial charge < -0.3 is 5.11 Å². The molecule has 0 aliphatic heterocycles. The fraction of sp³-hybridized carbons (Fsp3) is 0.167. The number of aromatic nitrogens is 2. The Morgan fingerprint density at radius 2 is 2.25 bits per heavy atom. The Morgan fingerprint density at radius 3 is 2.67 bits per heavy atom. The number of carboxylic acids is 1. The van der Waals surface area contributed by atoms with Gasteiger partial charge in [-0.25, -0.2) is 4.79 Å². The van der Waals surface area contributed by atoms with E-state index in [1.807, 2.05) is 0 Å². The first-order valence-corrected chi connectivity index (χ1v) is 2.94. The fourth-order valence-corrected chi connectivity index (χ4v) is 0.579. The molecule has 0 fully saturated rings. The van der Waals surface area contributed by atoms with E-state index in [1.165, 1.54) is 12.3 Å². The molecule has 0 spiro atoms. The number of carboxylic acid groups (broad SMARTS) is 1. The van der Waals surface area contributed by atoms with Crippen molar-refractivity contribution in [1.82, 2.24) is 10.2 Å². The SMILES string of the molecule is O=C(O)C(F)(F)c1cccnn1. The number of halogens is 2. The molecule has 0 saturated carbocycles. The molecule has 64 valence electrons. The molecule has 1 heterocycles. The summed E-state index contributed by atoms with van der Waals surface area (Å²) in [4.78, 5) is 10.0. The molecule has 0 saturated heterocycles. The summed E-state index contributed by atoms with van der Waals surface area (Å²) in [5.74, 6) is -6.20. The van der Waals surface area contributed by atoms with Gasteiger partial charge in [-0.05, 0) is 12.1 Å². The van der Waals surface area contributed by atoms with E-state index >= 15 is 0 Å². The van der Waals surface area contributed by atoms with Crippen molar-refractivity contribution in [2.45, 2.75) is 5.92 Å². The van der Waals surface area contributed by atoms with Crippen molar-refractivity contribution >= 4 is 5.97 Å². The minimum Gasteiger partial charge on any atom is -0.476 e. The normalized spacial score (nSPS) is 11.2. The molecule has 0 aliphatic carbocycles. The predicted molar refractivity (Wildman–Crippen MR) is 33.6 cm³/mol. The summed E-state index contributed by atoms with van der Waals surface area (Å²) in [7, 11) is 0. The zero-order valence-corrected chi connectivity index (χ0v) is 5.74. The highest BCUT2D eigenvalue weighted by Crippen LogP contribution is 2.25. The van der Waals surface area contributed by atoms with Crippen molar-refractivity contribution in [3.05, 3.63) is 24.0 Å². The molecule has 12 heavy (non-hydrogen) atoms. The van der Waals surface area contributed by atoms with Gasteiger partial charge in [0.1, 0.15) is 5.69 Å². The smallest absolute Gasteiger partial charge is 0.386 e. The Hall–Kier alpha value is -1.59. The van der Waals surface area contributed by atoms with Gasteiger partial charge in [-0.15, -0.1) is 5.10 Å². The molecule has 6 heteroatoms. The third kappa shape index (κ3) is 1.36. The number of rotatable bonds is 2. The second-order valence-electron chi connectivity index (χ2n) is 1.99. The summed E-state index contributed by atoms with van der Waals surface area (Å²) >= 11 is 0. The van der Waals surface area contributed by atoms with Crippen LogP contribution in [0.1, 0.15) is 5.69 Å². The van der Waals surface area contributed by atoms with Gasteiger partial charge in [-0.3, -0.25) is 0 Å². The number of aliphatic carboxylic acids is 1. The van der Waals surface area contributed by atoms with E-state index in [2.05, 4.69) is 10.2 Å². The lowest BCUT2D eigenvalue weighted by Crippen LogP contribution is -2.26. The average Bonchev–Trinajstić information content (AvgIpc) is 2.06. The lowest BCUT2D eigenvalue weighted by molar-refractivity contribution is -0.167. The maximum absolute atomic E-state index is 12.6. The first-order chi connectivity index (χ1) is 5.55. The average molecular weight is 174 g/mol. The summed E-state index contributed by atoms with van der Waals surface area (Å²) < 4.78 is 25.2. The fourth-order valence-electron chi connectivity index (χ4n) is 0.579. The van der Waals surface area contributed by atoms with Crippen LogP contribution in [0.25, 0.3) is 0 Å². The maximum atomic E-state index is 12.6. The van der Waals surface area contributed by atoms with Gasteiger partial charge in [0, 0.05) is 6.20 Å². The summed E-state index contributed by atoms with van der Waals surface area (Å²) in [5, 5.41) is 14.2. The number of hydrogen-bond acceptors (Lipinski definition) is 3. The van der Waals surface area contributed by atoms with Gasteiger partial charge in [-0.2, -0.15) is 13.9 Å². The predicted octanol–water partition coefficient (Wildman–Crippen LogP) is 0.653. The van der Waals surface area contributed by atoms with Crippen molar-refractivity contribution in [3.8, 4) is 0 Å². The minimum atomic E-state index is -3.96. The van der Waals surface area contributed by atoms with Crippen LogP contribution in [-0.2, 0) is 10.7 Å². The minimum absolute atomic E-state index is 0.863. The number of alkyl halides is 2. The second kappa shape index (κ2) is 2.80. The molecule has 0 aliphatic rings. The molecule has 0 amide bonds. The van der Waals surface area contributed by atoms with E-state index < -0.39 is 17.6 Å². The van der Waals surface area contributed by atoms with Gasteiger partial charge in [-0.1, -0.05) is 0 Å². The summed E-state index contributed by atoms with van der Waals surface area (Å²) in [6.45, 7) is 0. The van der Waals surface area contributed by atoms with E-state index in [9.17, 15) is 13.6 Å². The second-order valence-corrected chi connectivity index (χ2v) is 1.99. The first-order valence-electron chi connectivity index (χ1n) is 2.94. The van der Waals surface area contributed by atoms with Crippen molar-refractivity contribution in [1.29, 1.82) is 0 Å². The van der Waals surface area contributed by atoms with E-state index in [1.54, 1.807) is 0 Å². The molecular formula is C6H4F2N2O2. The molecule has 0 aromatic carbocycles. The van der Waals surface area contributed by atoms with Gasteiger partial charge in [0.2, 0.25) is 0 Å². The highest BCUT2D eigenvalue weighted by atomic mass is 19.3. The zero-order valence-electron chi connectivity index (χ0n) is 5.74. The van der Waals surface area contributed by atoms with Crippen molar-refractivity contribution in [3.63, 3.8) is 0 Å². The molecule has 1 rings (SSSR count). The van der Waals surface area contributed by atoms with Gasteiger partial charge >= 0.3 is 11.9 Å². The van der Waals surface area contributed by atoms with Gasteiger partial charge in [0.25, 0.3) is 0 Å². The molecule has 0 atom stereocenters. The van der Waals surface area contributed by atoms with E-state index in [0.717, 1.165) is 6.07 Å². The molecule has 0 unspecified atom stereocenters. The highest BCUT2D eigenvalue weighted by molar-refractivity contribution is 5.76. The Kier molecular flexibility index (Phi) is 1.99. The van der Waals surface area contributed by atoms with Gasteiger partial charge in [0.15, 0.2) is 0 Å². The van der Waals surface area contributed by atoms with E-state index in [0.29, 0.717) is 0 Å². The van der Waals surface area contributed by atoms with Crippen LogP contribution in [0, 0.1) is 0 Å². The quantitative estimate of drug-likeness (QED) is 0.715. The van der Waals surface area contributed by atoms with Crippen LogP contribution in [0.4, 0.5) is 8.78 Å². The van der Waals surface area contributed by atoms with Crippen LogP contribution < -0.4 is 0 Å². The van der Waals surface area contributed by atoms with Crippen LogP contribution in [0.2, 0.25) is 0 Å². The Morgan fingerprint density at radius 1 is 1.58 bits per heavy atom. The zero-order chi connectivity index (χ0) is 9.19. The summed E-state index contributed by atoms with van der Waals surface area (Å²) in [5.41, 5.74) is -0.863. The van der Waals surface area contributed by atoms with Crippen molar-refractivity contribution in [2.24, 2.45) is 0 Å². The molecule has 1 aromatic rings. The highest BCUT2D eigenvalue weighted by Gasteiger charge is 2.42. The first kappa shape index (κ1) is 8.51. The van der Waals surface area contributed by atoms with Crippen molar-refractivity contribution in [2.75, 3.05) is 0 Å². The topological polar surface area (TPSA) is 63.1 Å². The monoisotopic (exact) mass is 174 g/mol. The maximum Gasteiger partial charge on any atom is 0.386 e. The molecule has 1 aromatic heterocycles.